The van der Waals surface area contributed by atoms with Gasteiger partial charge in [0, 0.05) is 44.0 Å². The Balaban J connectivity index is 1.54. The van der Waals surface area contributed by atoms with E-state index >= 15 is 4.39 Å². The van der Waals surface area contributed by atoms with Crippen molar-refractivity contribution in [2.75, 3.05) is 18.0 Å². The molecule has 5 rings (SSSR count). The molecular formula is C24H25FN6O. The number of nitrogens with one attached hydrogen (secondary N) is 1. The van der Waals surface area contributed by atoms with E-state index in [4.69, 9.17) is 0 Å². The number of carbonyl (C=O) groups excluding carboxylic acids is 1. The fraction of sp³-hybridized carbons (Fsp3) is 0.292. The van der Waals surface area contributed by atoms with Crippen LogP contribution in [0.15, 0.2) is 55.1 Å². The summed E-state index contributed by atoms with van der Waals surface area (Å²) in [5, 5.41) is 8.48. The maximum atomic E-state index is 15.2. The fourth-order valence-corrected chi connectivity index (χ4v) is 4.36. The first-order valence-corrected chi connectivity index (χ1v) is 10.7. The Hall–Kier alpha value is -3.52. The number of rotatable bonds is 4. The summed E-state index contributed by atoms with van der Waals surface area (Å²) >= 11 is 0. The third-order valence-electron chi connectivity index (χ3n) is 6.10. The Morgan fingerprint density at radius 3 is 2.78 bits per heavy atom. The zero-order valence-corrected chi connectivity index (χ0v) is 18.1. The van der Waals surface area contributed by atoms with Crippen molar-refractivity contribution in [3.05, 3.63) is 66.5 Å². The molecule has 1 saturated heterocycles. The zero-order chi connectivity index (χ0) is 22.2. The summed E-state index contributed by atoms with van der Waals surface area (Å²) in [7, 11) is 3.77. The van der Waals surface area contributed by atoms with E-state index in [1.165, 1.54) is 6.07 Å². The first kappa shape index (κ1) is 20.4. The summed E-state index contributed by atoms with van der Waals surface area (Å²) in [4.78, 5) is 19.9. The zero-order valence-electron chi connectivity index (χ0n) is 18.1. The van der Waals surface area contributed by atoms with Gasteiger partial charge in [0.1, 0.15) is 11.6 Å². The number of nitrogens with zero attached hydrogens (tertiary/aromatic N) is 5. The second kappa shape index (κ2) is 8.20. The van der Waals surface area contributed by atoms with E-state index in [0.717, 1.165) is 35.9 Å². The number of aryl methyl sites for hydroxylation is 2. The van der Waals surface area contributed by atoms with Gasteiger partial charge in [-0.2, -0.15) is 5.10 Å². The molecule has 0 unspecified atom stereocenters. The maximum absolute atomic E-state index is 15.2. The average Bonchev–Trinajstić information content (AvgIpc) is 3.40. The van der Waals surface area contributed by atoms with E-state index in [2.05, 4.69) is 15.4 Å². The van der Waals surface area contributed by atoms with Crippen LogP contribution in [0.2, 0.25) is 0 Å². The Bertz CT molecular complexity index is 1290. The lowest BCUT2D eigenvalue weighted by molar-refractivity contribution is 0.0967. The molecule has 164 valence electrons. The topological polar surface area (TPSA) is 68.0 Å². The third kappa shape index (κ3) is 3.67. The van der Waals surface area contributed by atoms with E-state index in [1.54, 1.807) is 34.1 Å². The average molecular weight is 433 g/mol. The molecular weight excluding hydrogens is 407 g/mol. The van der Waals surface area contributed by atoms with E-state index < -0.39 is 5.82 Å². The molecule has 0 spiro atoms. The van der Waals surface area contributed by atoms with E-state index in [-0.39, 0.29) is 17.5 Å². The molecule has 8 heteroatoms. The van der Waals surface area contributed by atoms with Gasteiger partial charge in [-0.3, -0.25) is 14.4 Å². The van der Waals surface area contributed by atoms with Crippen molar-refractivity contribution < 1.29 is 9.18 Å². The summed E-state index contributed by atoms with van der Waals surface area (Å²) in [6, 6.07) is 8.52. The molecule has 1 fully saturated rings. The van der Waals surface area contributed by atoms with Gasteiger partial charge in [0.05, 0.1) is 29.5 Å². The molecule has 1 atom stereocenters. The standard InChI is InChI=1S/C24H25FN6O/c1-29-9-7-17-11-23(27-14-22(17)29)31(19-4-3-8-26-13-19)24(32)20-6-5-16(10-21(20)25)18-12-28-30(2)15-18/h5-7,9-12,14-15,19,26H,3-4,8,13H2,1-2H3/t19-/m1/s1. The van der Waals surface area contributed by atoms with Gasteiger partial charge in [-0.15, -0.1) is 0 Å². The number of hydrogen-bond acceptors (Lipinski definition) is 4. The molecule has 7 nitrogen and oxygen atoms in total. The molecule has 1 aromatic carbocycles. The predicted octanol–water partition coefficient (Wildman–Crippen LogP) is 3.51. The highest BCUT2D eigenvalue weighted by Crippen LogP contribution is 2.28. The molecule has 0 bridgehead atoms. The number of aromatic nitrogens is 4. The summed E-state index contributed by atoms with van der Waals surface area (Å²) in [5.74, 6) is -0.388. The van der Waals surface area contributed by atoms with Gasteiger partial charge in [-0.25, -0.2) is 9.37 Å². The Morgan fingerprint density at radius 2 is 2.06 bits per heavy atom. The van der Waals surface area contributed by atoms with Crippen LogP contribution < -0.4 is 10.2 Å². The van der Waals surface area contributed by atoms with Gasteiger partial charge in [0.25, 0.3) is 5.91 Å². The van der Waals surface area contributed by atoms with Gasteiger partial charge in [0.2, 0.25) is 0 Å². The van der Waals surface area contributed by atoms with Crippen LogP contribution in [-0.4, -0.2) is 44.4 Å². The summed E-state index contributed by atoms with van der Waals surface area (Å²) in [6.07, 6.45) is 9.00. The highest BCUT2D eigenvalue weighted by molar-refractivity contribution is 6.07. The minimum atomic E-state index is -0.550. The third-order valence-corrected chi connectivity index (χ3v) is 6.10. The van der Waals surface area contributed by atoms with Crippen molar-refractivity contribution in [3.8, 4) is 11.1 Å². The Morgan fingerprint density at radius 1 is 1.19 bits per heavy atom. The monoisotopic (exact) mass is 432 g/mol. The van der Waals surface area contributed by atoms with Crippen LogP contribution in [-0.2, 0) is 14.1 Å². The van der Waals surface area contributed by atoms with E-state index in [9.17, 15) is 4.79 Å². The first-order chi connectivity index (χ1) is 15.5. The van der Waals surface area contributed by atoms with Crippen molar-refractivity contribution in [1.29, 1.82) is 0 Å². The lowest BCUT2D eigenvalue weighted by Gasteiger charge is -2.34. The van der Waals surface area contributed by atoms with Gasteiger partial charge in [-0.05, 0) is 49.2 Å². The maximum Gasteiger partial charge on any atom is 0.262 e. The number of benzene rings is 1. The van der Waals surface area contributed by atoms with Crippen molar-refractivity contribution in [2.24, 2.45) is 14.1 Å². The first-order valence-electron chi connectivity index (χ1n) is 10.7. The van der Waals surface area contributed by atoms with Crippen molar-refractivity contribution in [3.63, 3.8) is 0 Å². The van der Waals surface area contributed by atoms with E-state index in [0.29, 0.717) is 17.9 Å². The van der Waals surface area contributed by atoms with Gasteiger partial charge < -0.3 is 9.88 Å². The number of piperidine rings is 1. The predicted molar refractivity (Wildman–Crippen MR) is 122 cm³/mol. The van der Waals surface area contributed by atoms with Gasteiger partial charge in [-0.1, -0.05) is 6.07 Å². The number of amides is 1. The molecule has 4 aromatic rings. The molecule has 3 aromatic heterocycles. The molecule has 32 heavy (non-hydrogen) atoms. The normalized spacial score (nSPS) is 16.4. The highest BCUT2D eigenvalue weighted by atomic mass is 19.1. The van der Waals surface area contributed by atoms with Gasteiger partial charge >= 0.3 is 0 Å². The molecule has 0 aliphatic carbocycles. The number of pyridine rings is 1. The smallest absolute Gasteiger partial charge is 0.262 e. The minimum absolute atomic E-state index is 0.0400. The molecule has 1 aliphatic rings. The number of fused-ring (bicyclic) bond motifs is 1. The van der Waals surface area contributed by atoms with Crippen LogP contribution in [0.3, 0.4) is 0 Å². The van der Waals surface area contributed by atoms with Crippen molar-refractivity contribution >= 4 is 22.6 Å². The lowest BCUT2D eigenvalue weighted by atomic mass is 10.0. The SMILES string of the molecule is Cn1cc(-c2ccc(C(=O)N(c3cc4ccn(C)c4cn3)[C@@H]3CCCNC3)c(F)c2)cn1. The fourth-order valence-electron chi connectivity index (χ4n) is 4.36. The van der Waals surface area contributed by atoms with Crippen LogP contribution in [0.5, 0.6) is 0 Å². The number of carbonyl (C=O) groups is 1. The molecule has 0 saturated carbocycles. The molecule has 1 aliphatic heterocycles. The number of halogens is 1. The molecule has 0 radical (unpaired) electrons. The minimum Gasteiger partial charge on any atom is -0.349 e. The second-order valence-electron chi connectivity index (χ2n) is 8.30. The Kier molecular flexibility index (Phi) is 5.22. The molecule has 1 amide bonds. The van der Waals surface area contributed by atoms with Crippen LogP contribution >= 0.6 is 0 Å². The second-order valence-corrected chi connectivity index (χ2v) is 8.30. The summed E-state index contributed by atoms with van der Waals surface area (Å²) < 4.78 is 18.8. The number of anilines is 1. The van der Waals surface area contributed by atoms with Crippen molar-refractivity contribution in [2.45, 2.75) is 18.9 Å². The highest BCUT2D eigenvalue weighted by Gasteiger charge is 2.30. The van der Waals surface area contributed by atoms with Crippen LogP contribution in [0, 0.1) is 5.82 Å². The quantitative estimate of drug-likeness (QED) is 0.536. The van der Waals surface area contributed by atoms with Gasteiger partial charge in [0.15, 0.2) is 0 Å². The largest absolute Gasteiger partial charge is 0.349 e. The van der Waals surface area contributed by atoms with Crippen LogP contribution in [0.25, 0.3) is 22.0 Å². The van der Waals surface area contributed by atoms with Crippen LogP contribution in [0.1, 0.15) is 23.2 Å². The molecule has 4 heterocycles. The van der Waals surface area contributed by atoms with Crippen molar-refractivity contribution in [1.82, 2.24) is 24.6 Å². The molecule has 1 N–H and O–H groups in total. The lowest BCUT2D eigenvalue weighted by Crippen LogP contribution is -2.49. The summed E-state index contributed by atoms with van der Waals surface area (Å²) in [6.45, 7) is 1.56. The Labute approximate surface area is 185 Å². The van der Waals surface area contributed by atoms with Crippen LogP contribution in [0.4, 0.5) is 10.2 Å². The van der Waals surface area contributed by atoms with E-state index in [1.807, 2.05) is 43.2 Å². The summed E-state index contributed by atoms with van der Waals surface area (Å²) in [5.41, 5.74) is 2.50. The number of hydrogen-bond donors (Lipinski definition) is 1.